The number of aliphatic hydroxyl groups excluding tert-OH is 1. The maximum Gasteiger partial charge on any atom is 0.384 e. The molecule has 0 saturated carbocycles. The number of esters is 1. The van der Waals surface area contributed by atoms with Crippen LogP contribution in [0.2, 0.25) is 0 Å². The molecule has 0 fully saturated rings. The first-order chi connectivity index (χ1) is 8.27. The van der Waals surface area contributed by atoms with E-state index in [2.05, 4.69) is 16.6 Å². The van der Waals surface area contributed by atoms with Crippen LogP contribution in [-0.4, -0.2) is 17.7 Å². The maximum absolute atomic E-state index is 10.9. The van der Waals surface area contributed by atoms with E-state index < -0.39 is 5.97 Å². The molecule has 3 heteroatoms. The summed E-state index contributed by atoms with van der Waals surface area (Å²) < 4.78 is 4.69. The second kappa shape index (κ2) is 7.48. The molecule has 1 N–H and O–H groups in total. The van der Waals surface area contributed by atoms with Crippen LogP contribution in [0, 0.1) is 11.8 Å². The predicted octanol–water partition coefficient (Wildman–Crippen LogP) is 1.68. The Morgan fingerprint density at radius 3 is 2.71 bits per heavy atom. The molecule has 90 valence electrons. The minimum absolute atomic E-state index is 0.0292. The van der Waals surface area contributed by atoms with Crippen LogP contribution in [0.4, 0.5) is 0 Å². The predicted molar refractivity (Wildman–Crippen MR) is 65.1 cm³/mol. The van der Waals surface area contributed by atoms with Gasteiger partial charge in [0.2, 0.25) is 0 Å². The number of aliphatic hydroxyl groups is 1. The van der Waals surface area contributed by atoms with Crippen LogP contribution in [0.5, 0.6) is 0 Å². The summed E-state index contributed by atoms with van der Waals surface area (Å²) in [5, 5.41) is 9.12. The number of benzene rings is 1. The van der Waals surface area contributed by atoms with Crippen molar-refractivity contribution in [2.24, 2.45) is 0 Å². The molecule has 3 nitrogen and oxygen atoms in total. The largest absolute Gasteiger partial charge is 0.456 e. The van der Waals surface area contributed by atoms with Gasteiger partial charge in [-0.05, 0) is 24.5 Å². The van der Waals surface area contributed by atoms with Gasteiger partial charge in [0.05, 0.1) is 13.2 Å². The monoisotopic (exact) mass is 232 g/mol. The second-order valence-corrected chi connectivity index (χ2v) is 3.45. The number of rotatable bonds is 4. The number of carbonyl (C=O) groups is 1. The van der Waals surface area contributed by atoms with Gasteiger partial charge in [-0.25, -0.2) is 4.79 Å². The lowest BCUT2D eigenvalue weighted by atomic mass is 10.0. The molecule has 0 atom stereocenters. The van der Waals surface area contributed by atoms with Crippen LogP contribution in [-0.2, 0) is 22.6 Å². The van der Waals surface area contributed by atoms with E-state index in [0.717, 1.165) is 17.5 Å². The van der Waals surface area contributed by atoms with E-state index in [-0.39, 0.29) is 6.61 Å². The van der Waals surface area contributed by atoms with Crippen LogP contribution in [0.25, 0.3) is 0 Å². The number of ether oxygens (including phenoxy) is 1. The molecule has 0 spiro atoms. The minimum Gasteiger partial charge on any atom is -0.456 e. The third kappa shape index (κ3) is 4.71. The van der Waals surface area contributed by atoms with Crippen molar-refractivity contribution in [2.45, 2.75) is 26.4 Å². The smallest absolute Gasteiger partial charge is 0.384 e. The molecule has 0 heterocycles. The van der Waals surface area contributed by atoms with Crippen LogP contribution in [0.3, 0.4) is 0 Å². The standard InChI is InChI=1S/C14H16O3/c1-2-17-14(16)10-6-5-8-12-7-3-4-9-13(12)11-15/h3-4,7,9,15H,2,5,8,11H2,1H3. The van der Waals surface area contributed by atoms with Crippen molar-refractivity contribution in [3.8, 4) is 11.8 Å². The summed E-state index contributed by atoms with van der Waals surface area (Å²) in [4.78, 5) is 10.9. The normalized spacial score (nSPS) is 9.29. The van der Waals surface area contributed by atoms with Crippen molar-refractivity contribution in [3.63, 3.8) is 0 Å². The fraction of sp³-hybridized carbons (Fsp3) is 0.357. The first-order valence-corrected chi connectivity index (χ1v) is 5.61. The molecule has 1 aromatic rings. The van der Waals surface area contributed by atoms with Gasteiger partial charge in [-0.3, -0.25) is 0 Å². The fourth-order valence-electron chi connectivity index (χ4n) is 1.45. The Balaban J connectivity index is 2.48. The molecule has 0 aromatic heterocycles. The van der Waals surface area contributed by atoms with Gasteiger partial charge in [0.25, 0.3) is 0 Å². The Hall–Kier alpha value is -1.79. The summed E-state index contributed by atoms with van der Waals surface area (Å²) in [5.74, 6) is 4.70. The van der Waals surface area contributed by atoms with Gasteiger partial charge in [-0.2, -0.15) is 0 Å². The highest BCUT2D eigenvalue weighted by Gasteiger charge is 1.99. The van der Waals surface area contributed by atoms with Crippen LogP contribution < -0.4 is 0 Å². The van der Waals surface area contributed by atoms with Gasteiger partial charge in [-0.1, -0.05) is 30.2 Å². The molecule has 0 aliphatic heterocycles. The molecule has 0 radical (unpaired) electrons. The zero-order valence-electron chi connectivity index (χ0n) is 9.90. The van der Waals surface area contributed by atoms with Crippen molar-refractivity contribution < 1.29 is 14.6 Å². The van der Waals surface area contributed by atoms with Crippen LogP contribution in [0.15, 0.2) is 24.3 Å². The maximum atomic E-state index is 10.9. The second-order valence-electron chi connectivity index (χ2n) is 3.45. The average Bonchev–Trinajstić information content (AvgIpc) is 2.35. The third-order valence-corrected chi connectivity index (χ3v) is 2.27. The number of aryl methyl sites for hydroxylation is 1. The Labute approximate surface area is 101 Å². The van der Waals surface area contributed by atoms with E-state index in [1.54, 1.807) is 6.92 Å². The van der Waals surface area contributed by atoms with Crippen LogP contribution in [0.1, 0.15) is 24.5 Å². The summed E-state index contributed by atoms with van der Waals surface area (Å²) in [6, 6.07) is 7.65. The van der Waals surface area contributed by atoms with Crippen molar-refractivity contribution in [3.05, 3.63) is 35.4 Å². The topological polar surface area (TPSA) is 46.5 Å². The summed E-state index contributed by atoms with van der Waals surface area (Å²) in [5.41, 5.74) is 1.97. The van der Waals surface area contributed by atoms with Crippen LogP contribution >= 0.6 is 0 Å². The van der Waals surface area contributed by atoms with Crippen molar-refractivity contribution >= 4 is 5.97 Å². The first-order valence-electron chi connectivity index (χ1n) is 5.61. The molecule has 0 aliphatic rings. The van der Waals surface area contributed by atoms with Gasteiger partial charge in [0.1, 0.15) is 0 Å². The molecule has 0 unspecified atom stereocenters. The minimum atomic E-state index is -0.483. The fourth-order valence-corrected chi connectivity index (χ4v) is 1.45. The molecule has 0 aliphatic carbocycles. The van der Waals surface area contributed by atoms with Crippen molar-refractivity contribution in [1.29, 1.82) is 0 Å². The zero-order valence-corrected chi connectivity index (χ0v) is 9.90. The lowest BCUT2D eigenvalue weighted by Crippen LogP contribution is -1.99. The van der Waals surface area contributed by atoms with Gasteiger partial charge >= 0.3 is 5.97 Å². The quantitative estimate of drug-likeness (QED) is 0.488. The molecular formula is C14H16O3. The zero-order chi connectivity index (χ0) is 12.5. The summed E-state index contributed by atoms with van der Waals surface area (Å²) in [6.45, 7) is 2.12. The van der Waals surface area contributed by atoms with E-state index >= 15 is 0 Å². The highest BCUT2D eigenvalue weighted by molar-refractivity contribution is 5.88. The van der Waals surface area contributed by atoms with Crippen molar-refractivity contribution in [2.75, 3.05) is 6.61 Å². The molecule has 0 saturated heterocycles. The molecule has 0 amide bonds. The molecular weight excluding hydrogens is 216 g/mol. The molecule has 17 heavy (non-hydrogen) atoms. The average molecular weight is 232 g/mol. The van der Waals surface area contributed by atoms with E-state index in [0.29, 0.717) is 13.0 Å². The van der Waals surface area contributed by atoms with E-state index in [1.165, 1.54) is 0 Å². The third-order valence-electron chi connectivity index (χ3n) is 2.27. The lowest BCUT2D eigenvalue weighted by molar-refractivity contribution is -0.136. The first kappa shape index (κ1) is 13.3. The number of carbonyl (C=O) groups excluding carboxylic acids is 1. The number of hydrogen-bond acceptors (Lipinski definition) is 3. The Morgan fingerprint density at radius 2 is 2.06 bits per heavy atom. The summed E-state index contributed by atoms with van der Waals surface area (Å²) >= 11 is 0. The molecule has 0 bridgehead atoms. The van der Waals surface area contributed by atoms with Gasteiger partial charge in [0.15, 0.2) is 0 Å². The summed E-state index contributed by atoms with van der Waals surface area (Å²) in [7, 11) is 0. The van der Waals surface area contributed by atoms with Gasteiger partial charge in [0, 0.05) is 12.3 Å². The van der Waals surface area contributed by atoms with E-state index in [1.807, 2.05) is 24.3 Å². The van der Waals surface area contributed by atoms with Gasteiger partial charge in [-0.15, -0.1) is 0 Å². The Morgan fingerprint density at radius 1 is 1.35 bits per heavy atom. The van der Waals surface area contributed by atoms with Gasteiger partial charge < -0.3 is 9.84 Å². The molecule has 1 aromatic carbocycles. The Kier molecular flexibility index (Phi) is 5.84. The van der Waals surface area contributed by atoms with E-state index in [4.69, 9.17) is 5.11 Å². The highest BCUT2D eigenvalue weighted by Crippen LogP contribution is 2.10. The SMILES string of the molecule is CCOC(=O)C#CCCc1ccccc1CO. The molecule has 1 rings (SSSR count). The lowest BCUT2D eigenvalue weighted by Gasteiger charge is -2.03. The number of hydrogen-bond donors (Lipinski definition) is 1. The van der Waals surface area contributed by atoms with E-state index in [9.17, 15) is 4.79 Å². The Bertz CT molecular complexity index is 427. The summed E-state index contributed by atoms with van der Waals surface area (Å²) in [6.07, 6.45) is 1.30. The highest BCUT2D eigenvalue weighted by atomic mass is 16.5. The van der Waals surface area contributed by atoms with Crippen molar-refractivity contribution in [1.82, 2.24) is 0 Å².